The normalized spacial score (nSPS) is 10.6. The Hall–Kier alpha value is -3.22. The number of ether oxygens (including phenoxy) is 3. The van der Waals surface area contributed by atoms with Crippen molar-refractivity contribution in [2.75, 3.05) is 26.6 Å². The largest absolute Gasteiger partial charge is 0.493 e. The maximum atomic E-state index is 12.7. The molecule has 0 fully saturated rings. The third kappa shape index (κ3) is 4.00. The van der Waals surface area contributed by atoms with Gasteiger partial charge in [-0.15, -0.1) is 0 Å². The Kier molecular flexibility index (Phi) is 5.84. The number of oxazole rings is 1. The topological polar surface area (TPSA) is 82.8 Å². The molecule has 1 N–H and O–H groups in total. The summed E-state index contributed by atoms with van der Waals surface area (Å²) in [7, 11) is 4.46. The molecule has 1 heterocycles. The molecule has 2 aromatic rings. The lowest BCUT2D eigenvalue weighted by Gasteiger charge is -2.13. The molecule has 0 amide bonds. The van der Waals surface area contributed by atoms with Crippen LogP contribution in [0.15, 0.2) is 47.2 Å². The number of ketones is 1. The number of carbonyl (C=O) groups is 1. The Labute approximate surface area is 145 Å². The molecule has 0 saturated heterocycles. The highest BCUT2D eigenvalue weighted by atomic mass is 16.5. The molecule has 7 nitrogen and oxygen atoms in total. The molecule has 0 aliphatic heterocycles. The van der Waals surface area contributed by atoms with Gasteiger partial charge in [0.05, 0.1) is 21.3 Å². The fourth-order valence-electron chi connectivity index (χ4n) is 2.18. The van der Waals surface area contributed by atoms with Crippen molar-refractivity contribution in [3.8, 4) is 17.2 Å². The zero-order chi connectivity index (χ0) is 18.4. The zero-order valence-electron chi connectivity index (χ0n) is 14.6. The van der Waals surface area contributed by atoms with Crippen LogP contribution in [0.5, 0.6) is 17.2 Å². The van der Waals surface area contributed by atoms with Gasteiger partial charge in [0.15, 0.2) is 17.2 Å². The molecule has 0 bridgehead atoms. The van der Waals surface area contributed by atoms with Crippen LogP contribution in [0.2, 0.25) is 0 Å². The van der Waals surface area contributed by atoms with Crippen molar-refractivity contribution >= 4 is 11.8 Å². The van der Waals surface area contributed by atoms with Crippen molar-refractivity contribution in [1.29, 1.82) is 0 Å². The second-order valence-corrected chi connectivity index (χ2v) is 4.93. The SMILES string of the molecule is C=C(/C=C\C)Nc1nc(C(=O)c2cc(OC)c(OC)c(OC)c2)co1. The van der Waals surface area contributed by atoms with Crippen LogP contribution >= 0.6 is 0 Å². The molecular formula is C18H20N2O5. The highest BCUT2D eigenvalue weighted by molar-refractivity contribution is 6.08. The molecule has 0 aliphatic rings. The Balaban J connectivity index is 2.32. The Morgan fingerprint density at radius 2 is 1.84 bits per heavy atom. The Morgan fingerprint density at radius 1 is 1.20 bits per heavy atom. The molecule has 132 valence electrons. The van der Waals surface area contributed by atoms with Crippen molar-refractivity contribution < 1.29 is 23.4 Å². The molecular weight excluding hydrogens is 324 g/mol. The van der Waals surface area contributed by atoms with E-state index in [9.17, 15) is 4.79 Å². The van der Waals surface area contributed by atoms with E-state index in [1.807, 2.05) is 13.0 Å². The van der Waals surface area contributed by atoms with Gasteiger partial charge in [-0.25, -0.2) is 0 Å². The number of benzene rings is 1. The maximum absolute atomic E-state index is 12.7. The summed E-state index contributed by atoms with van der Waals surface area (Å²) in [6, 6.07) is 3.30. The van der Waals surface area contributed by atoms with Gasteiger partial charge < -0.3 is 23.9 Å². The number of aromatic nitrogens is 1. The van der Waals surface area contributed by atoms with E-state index in [1.54, 1.807) is 18.2 Å². The number of rotatable bonds is 8. The van der Waals surface area contributed by atoms with Crippen LogP contribution in [-0.2, 0) is 0 Å². The summed E-state index contributed by atoms with van der Waals surface area (Å²) in [5.74, 6) is 0.835. The zero-order valence-corrected chi connectivity index (χ0v) is 14.6. The van der Waals surface area contributed by atoms with Crippen molar-refractivity contribution in [3.63, 3.8) is 0 Å². The summed E-state index contributed by atoms with van der Waals surface area (Å²) in [5, 5.41) is 2.85. The minimum absolute atomic E-state index is 0.144. The van der Waals surface area contributed by atoms with Gasteiger partial charge in [0.25, 0.3) is 6.01 Å². The van der Waals surface area contributed by atoms with Gasteiger partial charge in [-0.3, -0.25) is 4.79 Å². The summed E-state index contributed by atoms with van der Waals surface area (Å²) in [6.45, 7) is 5.65. The number of nitrogens with one attached hydrogen (secondary N) is 1. The maximum Gasteiger partial charge on any atom is 0.299 e. The molecule has 0 spiro atoms. The lowest BCUT2D eigenvalue weighted by atomic mass is 10.1. The van der Waals surface area contributed by atoms with Crippen LogP contribution in [-0.4, -0.2) is 32.1 Å². The summed E-state index contributed by atoms with van der Waals surface area (Å²) in [4.78, 5) is 16.8. The van der Waals surface area contributed by atoms with E-state index in [1.165, 1.54) is 27.6 Å². The Morgan fingerprint density at radius 3 is 2.36 bits per heavy atom. The highest BCUT2D eigenvalue weighted by Gasteiger charge is 2.20. The smallest absolute Gasteiger partial charge is 0.299 e. The fraction of sp³-hybridized carbons (Fsp3) is 0.222. The van der Waals surface area contributed by atoms with Crippen molar-refractivity contribution in [2.24, 2.45) is 0 Å². The molecule has 0 atom stereocenters. The second kappa shape index (κ2) is 8.05. The molecule has 7 heteroatoms. The lowest BCUT2D eigenvalue weighted by Crippen LogP contribution is -2.05. The number of nitrogens with zero attached hydrogens (tertiary/aromatic N) is 1. The van der Waals surface area contributed by atoms with E-state index in [0.717, 1.165) is 0 Å². The number of hydrogen-bond acceptors (Lipinski definition) is 7. The lowest BCUT2D eigenvalue weighted by molar-refractivity contribution is 0.103. The first-order valence-corrected chi connectivity index (χ1v) is 7.42. The van der Waals surface area contributed by atoms with Crippen molar-refractivity contribution in [3.05, 3.63) is 54.1 Å². The van der Waals surface area contributed by atoms with E-state index >= 15 is 0 Å². The van der Waals surface area contributed by atoms with E-state index in [2.05, 4.69) is 16.9 Å². The first kappa shape index (κ1) is 18.1. The number of carbonyl (C=O) groups excluding carboxylic acids is 1. The van der Waals surface area contributed by atoms with Crippen LogP contribution in [0.1, 0.15) is 23.0 Å². The highest BCUT2D eigenvalue weighted by Crippen LogP contribution is 2.38. The van der Waals surface area contributed by atoms with Gasteiger partial charge in [0, 0.05) is 11.3 Å². The van der Waals surface area contributed by atoms with Gasteiger partial charge in [-0.1, -0.05) is 12.7 Å². The molecule has 1 aromatic carbocycles. The first-order chi connectivity index (χ1) is 12.0. The van der Waals surface area contributed by atoms with Gasteiger partial charge >= 0.3 is 0 Å². The predicted octanol–water partition coefficient (Wildman–Crippen LogP) is 3.43. The number of methoxy groups -OCH3 is 3. The number of hydrogen-bond donors (Lipinski definition) is 1. The molecule has 2 rings (SSSR count). The summed E-state index contributed by atoms with van der Waals surface area (Å²) in [5.41, 5.74) is 1.07. The second-order valence-electron chi connectivity index (χ2n) is 4.93. The van der Waals surface area contributed by atoms with Crippen LogP contribution in [0.3, 0.4) is 0 Å². The van der Waals surface area contributed by atoms with E-state index in [-0.39, 0.29) is 17.5 Å². The summed E-state index contributed by atoms with van der Waals surface area (Å²) in [6.07, 6.45) is 4.85. The third-order valence-corrected chi connectivity index (χ3v) is 3.30. The molecule has 0 unspecified atom stereocenters. The monoisotopic (exact) mass is 344 g/mol. The van der Waals surface area contributed by atoms with Crippen LogP contribution in [0.25, 0.3) is 0 Å². The molecule has 0 saturated carbocycles. The van der Waals surface area contributed by atoms with Crippen LogP contribution in [0.4, 0.5) is 6.01 Å². The van der Waals surface area contributed by atoms with Crippen LogP contribution in [0, 0.1) is 0 Å². The van der Waals surface area contributed by atoms with E-state index in [0.29, 0.717) is 28.5 Å². The van der Waals surface area contributed by atoms with E-state index in [4.69, 9.17) is 18.6 Å². The number of anilines is 1. The average Bonchev–Trinajstić information content (AvgIpc) is 3.08. The molecule has 25 heavy (non-hydrogen) atoms. The average molecular weight is 344 g/mol. The number of allylic oxidation sites excluding steroid dienone is 2. The molecule has 1 aromatic heterocycles. The van der Waals surface area contributed by atoms with Gasteiger partial charge in [0.1, 0.15) is 6.26 Å². The van der Waals surface area contributed by atoms with E-state index < -0.39 is 0 Å². The van der Waals surface area contributed by atoms with Gasteiger partial charge in [0.2, 0.25) is 11.5 Å². The summed E-state index contributed by atoms with van der Waals surface area (Å²) >= 11 is 0. The Bertz CT molecular complexity index is 783. The third-order valence-electron chi connectivity index (χ3n) is 3.30. The van der Waals surface area contributed by atoms with Crippen molar-refractivity contribution in [1.82, 2.24) is 4.98 Å². The predicted molar refractivity (Wildman–Crippen MR) is 93.6 cm³/mol. The van der Waals surface area contributed by atoms with Crippen LogP contribution < -0.4 is 19.5 Å². The van der Waals surface area contributed by atoms with Crippen molar-refractivity contribution in [2.45, 2.75) is 6.92 Å². The standard InChI is InChI=1S/C18H20N2O5/c1-6-7-11(2)19-18-20-13(10-25-18)16(21)12-8-14(22-3)17(24-5)15(9-12)23-4/h6-10H,2H2,1,3-5H3,(H,19,20)/b7-6-. The van der Waals surface area contributed by atoms with Gasteiger partial charge in [-0.05, 0) is 25.1 Å². The quantitative estimate of drug-likeness (QED) is 0.580. The van der Waals surface area contributed by atoms with Gasteiger partial charge in [-0.2, -0.15) is 4.98 Å². The summed E-state index contributed by atoms with van der Waals surface area (Å²) < 4.78 is 21.0. The minimum atomic E-state index is -0.340. The molecule has 0 aliphatic carbocycles. The first-order valence-electron chi connectivity index (χ1n) is 7.42. The fourth-order valence-corrected chi connectivity index (χ4v) is 2.18. The minimum Gasteiger partial charge on any atom is -0.493 e. The molecule has 0 radical (unpaired) electrons.